The summed E-state index contributed by atoms with van der Waals surface area (Å²) in [5, 5.41) is 2.07. The van der Waals surface area contributed by atoms with Crippen molar-refractivity contribution >= 4 is 16.5 Å². The molecule has 1 aliphatic carbocycles. The molecule has 1 saturated carbocycles. The largest absolute Gasteiger partial charge is 0.491 e. The number of nitrogens with zero attached hydrogens (tertiary/aromatic N) is 1. The number of anilines is 1. The van der Waals surface area contributed by atoms with Crippen molar-refractivity contribution in [3.8, 4) is 5.75 Å². The molecule has 1 aromatic carbocycles. The third kappa shape index (κ3) is 1.69. The van der Waals surface area contributed by atoms with Crippen LogP contribution in [0.2, 0.25) is 0 Å². The predicted molar refractivity (Wildman–Crippen MR) is 64.4 cm³/mol. The number of ether oxygens (including phenoxy) is 1. The molecule has 82 valence electrons. The third-order valence-corrected chi connectivity index (χ3v) is 2.99. The predicted octanol–water partition coefficient (Wildman–Crippen LogP) is 2.61. The average molecular weight is 214 g/mol. The smallest absolute Gasteiger partial charge is 0.142 e. The lowest BCUT2D eigenvalue weighted by atomic mass is 10.1. The molecule has 0 unspecified atom stereocenters. The Morgan fingerprint density at radius 3 is 3.00 bits per heavy atom. The highest BCUT2D eigenvalue weighted by molar-refractivity contribution is 5.95. The molecule has 0 atom stereocenters. The van der Waals surface area contributed by atoms with Crippen molar-refractivity contribution in [2.45, 2.75) is 12.8 Å². The van der Waals surface area contributed by atoms with Gasteiger partial charge in [-0.3, -0.25) is 4.98 Å². The summed E-state index contributed by atoms with van der Waals surface area (Å²) in [6.45, 7) is 0.792. The van der Waals surface area contributed by atoms with Gasteiger partial charge in [-0.05, 0) is 37.0 Å². The van der Waals surface area contributed by atoms with Crippen molar-refractivity contribution in [2.24, 2.45) is 5.92 Å². The topological polar surface area (TPSA) is 48.1 Å². The number of rotatable bonds is 3. The molecule has 0 bridgehead atoms. The van der Waals surface area contributed by atoms with Crippen molar-refractivity contribution in [2.75, 3.05) is 12.3 Å². The highest BCUT2D eigenvalue weighted by Crippen LogP contribution is 2.33. The summed E-state index contributed by atoms with van der Waals surface area (Å²) >= 11 is 0. The molecule has 2 aromatic rings. The summed E-state index contributed by atoms with van der Waals surface area (Å²) < 4.78 is 5.72. The van der Waals surface area contributed by atoms with Gasteiger partial charge in [0.25, 0.3) is 0 Å². The van der Waals surface area contributed by atoms with Gasteiger partial charge in [-0.15, -0.1) is 0 Å². The van der Waals surface area contributed by atoms with Crippen molar-refractivity contribution in [1.82, 2.24) is 4.98 Å². The molecule has 0 spiro atoms. The number of aromatic nitrogens is 1. The molecular weight excluding hydrogens is 200 g/mol. The monoisotopic (exact) mass is 214 g/mol. The number of fused-ring (bicyclic) bond motifs is 1. The Morgan fingerprint density at radius 2 is 2.19 bits per heavy atom. The standard InChI is InChI=1S/C13H14N2O/c14-13-11-5-6-15-7-10(11)3-4-12(13)16-8-9-1-2-9/h3-7,9H,1-2,8,14H2. The summed E-state index contributed by atoms with van der Waals surface area (Å²) in [5.74, 6) is 1.54. The van der Waals surface area contributed by atoms with Gasteiger partial charge < -0.3 is 10.5 Å². The maximum absolute atomic E-state index is 6.07. The minimum Gasteiger partial charge on any atom is -0.491 e. The first-order valence-corrected chi connectivity index (χ1v) is 5.59. The molecule has 3 heteroatoms. The zero-order valence-electron chi connectivity index (χ0n) is 9.02. The minimum atomic E-state index is 0.723. The molecule has 16 heavy (non-hydrogen) atoms. The average Bonchev–Trinajstić information content (AvgIpc) is 3.13. The molecule has 0 radical (unpaired) electrons. The number of pyridine rings is 1. The van der Waals surface area contributed by atoms with Crippen LogP contribution >= 0.6 is 0 Å². The van der Waals surface area contributed by atoms with Gasteiger partial charge in [0.2, 0.25) is 0 Å². The van der Waals surface area contributed by atoms with Crippen LogP contribution in [0.4, 0.5) is 5.69 Å². The quantitative estimate of drug-likeness (QED) is 0.799. The maximum Gasteiger partial charge on any atom is 0.142 e. The molecule has 0 aliphatic heterocycles. The van der Waals surface area contributed by atoms with E-state index in [1.54, 1.807) is 6.20 Å². The Morgan fingerprint density at radius 1 is 1.31 bits per heavy atom. The molecule has 0 saturated heterocycles. The van der Waals surface area contributed by atoms with E-state index in [-0.39, 0.29) is 0 Å². The fraction of sp³-hybridized carbons (Fsp3) is 0.308. The first-order valence-electron chi connectivity index (χ1n) is 5.59. The molecule has 3 rings (SSSR count). The summed E-state index contributed by atoms with van der Waals surface area (Å²) in [6, 6.07) is 5.86. The minimum absolute atomic E-state index is 0.723. The molecule has 1 aromatic heterocycles. The van der Waals surface area contributed by atoms with E-state index in [1.807, 2.05) is 24.4 Å². The highest BCUT2D eigenvalue weighted by Gasteiger charge is 2.22. The molecule has 2 N–H and O–H groups in total. The van der Waals surface area contributed by atoms with Gasteiger partial charge in [0.15, 0.2) is 0 Å². The van der Waals surface area contributed by atoms with Gasteiger partial charge in [-0.1, -0.05) is 0 Å². The molecular formula is C13H14N2O. The zero-order valence-corrected chi connectivity index (χ0v) is 9.02. The highest BCUT2D eigenvalue weighted by atomic mass is 16.5. The summed E-state index contributed by atoms with van der Waals surface area (Å²) in [4.78, 5) is 4.07. The van der Waals surface area contributed by atoms with Crippen LogP contribution in [0.5, 0.6) is 5.75 Å². The van der Waals surface area contributed by atoms with Gasteiger partial charge in [-0.25, -0.2) is 0 Å². The number of nitrogens with two attached hydrogens (primary N) is 1. The van der Waals surface area contributed by atoms with Crippen LogP contribution in [0.25, 0.3) is 10.8 Å². The van der Waals surface area contributed by atoms with E-state index in [1.165, 1.54) is 12.8 Å². The van der Waals surface area contributed by atoms with Crippen LogP contribution in [0.3, 0.4) is 0 Å². The number of nitrogen functional groups attached to an aromatic ring is 1. The van der Waals surface area contributed by atoms with Crippen molar-refractivity contribution < 1.29 is 4.74 Å². The Bertz CT molecular complexity index is 520. The first-order chi connectivity index (χ1) is 7.84. The van der Waals surface area contributed by atoms with Gasteiger partial charge in [0.1, 0.15) is 5.75 Å². The second-order valence-corrected chi connectivity index (χ2v) is 4.33. The lowest BCUT2D eigenvalue weighted by molar-refractivity contribution is 0.301. The van der Waals surface area contributed by atoms with Crippen LogP contribution in [-0.2, 0) is 0 Å². The van der Waals surface area contributed by atoms with Gasteiger partial charge in [-0.2, -0.15) is 0 Å². The van der Waals surface area contributed by atoms with E-state index < -0.39 is 0 Å². The lowest BCUT2D eigenvalue weighted by Crippen LogP contribution is -2.02. The molecule has 0 amide bonds. The molecule has 1 heterocycles. The molecule has 3 nitrogen and oxygen atoms in total. The van der Waals surface area contributed by atoms with Crippen LogP contribution < -0.4 is 10.5 Å². The van der Waals surface area contributed by atoms with Crippen LogP contribution in [0.15, 0.2) is 30.6 Å². The zero-order chi connectivity index (χ0) is 11.0. The van der Waals surface area contributed by atoms with E-state index in [0.717, 1.165) is 34.7 Å². The van der Waals surface area contributed by atoms with Crippen molar-refractivity contribution in [3.05, 3.63) is 30.6 Å². The Balaban J connectivity index is 1.94. The second-order valence-electron chi connectivity index (χ2n) is 4.33. The normalized spacial score (nSPS) is 15.2. The number of benzene rings is 1. The van der Waals surface area contributed by atoms with Gasteiger partial charge in [0.05, 0.1) is 12.3 Å². The molecule has 1 fully saturated rings. The Kier molecular flexibility index (Phi) is 2.17. The van der Waals surface area contributed by atoms with Crippen LogP contribution in [-0.4, -0.2) is 11.6 Å². The molecule has 1 aliphatic rings. The van der Waals surface area contributed by atoms with Gasteiger partial charge in [0, 0.05) is 23.2 Å². The Labute approximate surface area is 94.2 Å². The van der Waals surface area contributed by atoms with Crippen LogP contribution in [0, 0.1) is 5.92 Å². The van der Waals surface area contributed by atoms with Crippen molar-refractivity contribution in [1.29, 1.82) is 0 Å². The summed E-state index contributed by atoms with van der Waals surface area (Å²) in [5.41, 5.74) is 6.80. The number of hydrogen-bond donors (Lipinski definition) is 1. The van der Waals surface area contributed by atoms with E-state index in [0.29, 0.717) is 0 Å². The third-order valence-electron chi connectivity index (χ3n) is 2.99. The maximum atomic E-state index is 6.07. The SMILES string of the molecule is Nc1c(OCC2CC2)ccc2cnccc12. The van der Waals surface area contributed by atoms with Crippen molar-refractivity contribution in [3.63, 3.8) is 0 Å². The summed E-state index contributed by atoms with van der Waals surface area (Å²) in [6.07, 6.45) is 6.15. The van der Waals surface area contributed by atoms with E-state index >= 15 is 0 Å². The van der Waals surface area contributed by atoms with Gasteiger partial charge >= 0.3 is 0 Å². The lowest BCUT2D eigenvalue weighted by Gasteiger charge is -2.10. The van der Waals surface area contributed by atoms with Crippen LogP contribution in [0.1, 0.15) is 12.8 Å². The number of hydrogen-bond acceptors (Lipinski definition) is 3. The fourth-order valence-electron chi connectivity index (χ4n) is 1.79. The van der Waals surface area contributed by atoms with E-state index in [9.17, 15) is 0 Å². The van der Waals surface area contributed by atoms with E-state index in [4.69, 9.17) is 10.5 Å². The fourth-order valence-corrected chi connectivity index (χ4v) is 1.79. The second kappa shape index (κ2) is 3.67. The Hall–Kier alpha value is -1.77. The first kappa shape index (κ1) is 9.46. The van der Waals surface area contributed by atoms with E-state index in [2.05, 4.69) is 4.98 Å². The summed E-state index contributed by atoms with van der Waals surface area (Å²) in [7, 11) is 0.